The first-order valence-electron chi connectivity index (χ1n) is 11.1. The second-order valence-corrected chi connectivity index (χ2v) is 8.24. The maximum absolute atomic E-state index is 12.2. The van der Waals surface area contributed by atoms with Gasteiger partial charge in [0, 0.05) is 23.4 Å². The molecule has 8 heteroatoms. The highest BCUT2D eigenvalue weighted by atomic mass is 16.5. The van der Waals surface area contributed by atoms with E-state index in [0.717, 1.165) is 16.7 Å². The van der Waals surface area contributed by atoms with E-state index in [2.05, 4.69) is 6.58 Å². The predicted octanol–water partition coefficient (Wildman–Crippen LogP) is 4.33. The maximum Gasteiger partial charge on any atom is 0.341 e. The molecule has 3 aromatic carbocycles. The Balaban J connectivity index is 1.99. The third-order valence-corrected chi connectivity index (χ3v) is 6.04. The molecule has 4 rings (SSSR count). The number of rotatable bonds is 9. The number of fused-ring (bicyclic) bond motifs is 1. The number of carboxylic acids is 2. The van der Waals surface area contributed by atoms with Gasteiger partial charge in [-0.15, -0.1) is 0 Å². The van der Waals surface area contributed by atoms with E-state index in [9.17, 15) is 19.5 Å². The van der Waals surface area contributed by atoms with E-state index < -0.39 is 24.5 Å². The van der Waals surface area contributed by atoms with E-state index in [0.29, 0.717) is 23.3 Å². The van der Waals surface area contributed by atoms with Crippen molar-refractivity contribution in [2.45, 2.75) is 13.5 Å². The molecule has 4 aromatic rings. The smallest absolute Gasteiger partial charge is 0.341 e. The lowest BCUT2D eigenvalue weighted by Gasteiger charge is -2.14. The van der Waals surface area contributed by atoms with E-state index in [-0.39, 0.29) is 22.3 Å². The highest BCUT2D eigenvalue weighted by Gasteiger charge is 2.26. The van der Waals surface area contributed by atoms with Crippen LogP contribution in [-0.2, 0) is 16.1 Å². The van der Waals surface area contributed by atoms with E-state index in [4.69, 9.17) is 15.6 Å². The number of benzene rings is 3. The number of aromatic nitrogens is 1. The first-order valence-corrected chi connectivity index (χ1v) is 11.1. The molecule has 0 atom stereocenters. The third-order valence-electron chi connectivity index (χ3n) is 6.04. The van der Waals surface area contributed by atoms with Crippen molar-refractivity contribution < 1.29 is 29.3 Å². The molecule has 0 spiro atoms. The van der Waals surface area contributed by atoms with E-state index in [1.54, 1.807) is 13.0 Å². The minimum atomic E-state index is -1.30. The molecule has 36 heavy (non-hydrogen) atoms. The van der Waals surface area contributed by atoms with Gasteiger partial charge in [-0.3, -0.25) is 4.79 Å². The van der Waals surface area contributed by atoms with Gasteiger partial charge >= 0.3 is 11.9 Å². The highest BCUT2D eigenvalue weighted by molar-refractivity contribution is 6.23. The Labute approximate surface area is 206 Å². The Morgan fingerprint density at radius 1 is 0.972 bits per heavy atom. The van der Waals surface area contributed by atoms with E-state index >= 15 is 0 Å². The molecule has 1 aromatic heterocycles. The van der Waals surface area contributed by atoms with Crippen molar-refractivity contribution in [3.05, 3.63) is 95.7 Å². The first kappa shape index (κ1) is 24.3. The summed E-state index contributed by atoms with van der Waals surface area (Å²) < 4.78 is 7.38. The summed E-state index contributed by atoms with van der Waals surface area (Å²) in [6, 6.07) is 20.7. The Morgan fingerprint density at radius 3 is 2.28 bits per heavy atom. The molecule has 0 saturated heterocycles. The van der Waals surface area contributed by atoms with Crippen molar-refractivity contribution in [2.75, 3.05) is 6.61 Å². The lowest BCUT2D eigenvalue weighted by molar-refractivity contribution is -0.139. The van der Waals surface area contributed by atoms with Gasteiger partial charge in [-0.05, 0) is 35.7 Å². The van der Waals surface area contributed by atoms with E-state index in [1.165, 1.54) is 6.07 Å². The van der Waals surface area contributed by atoms with Crippen LogP contribution in [0.3, 0.4) is 0 Å². The predicted molar refractivity (Wildman–Crippen MR) is 136 cm³/mol. The van der Waals surface area contributed by atoms with Gasteiger partial charge in [-0.2, -0.15) is 0 Å². The first-order chi connectivity index (χ1) is 17.2. The van der Waals surface area contributed by atoms with Crippen LogP contribution >= 0.6 is 0 Å². The number of primary amides is 1. The van der Waals surface area contributed by atoms with Crippen LogP contribution in [0.1, 0.15) is 27.2 Å². The number of hydrogen-bond acceptors (Lipinski definition) is 4. The van der Waals surface area contributed by atoms with Crippen LogP contribution in [0.2, 0.25) is 0 Å². The number of aliphatic carboxylic acids is 1. The van der Waals surface area contributed by atoms with Crippen LogP contribution in [0.5, 0.6) is 5.75 Å². The van der Waals surface area contributed by atoms with Crippen LogP contribution < -0.4 is 10.5 Å². The molecule has 1 heterocycles. The molecule has 0 fully saturated rings. The van der Waals surface area contributed by atoms with Crippen LogP contribution in [0.4, 0.5) is 0 Å². The SMILES string of the molecule is C=C(C(N)=O)c1c(C)n(Cc2ccccc2-c2ccccc2)c2ccc(C(=O)O)c(OCC(=O)O)c12. The summed E-state index contributed by atoms with van der Waals surface area (Å²) in [6.45, 7) is 5.22. The summed E-state index contributed by atoms with van der Waals surface area (Å²) in [4.78, 5) is 35.4. The molecule has 0 unspecified atom stereocenters. The number of carbonyl (C=O) groups is 3. The number of amides is 1. The number of carboxylic acid groups (broad SMARTS) is 2. The summed E-state index contributed by atoms with van der Waals surface area (Å²) in [6.07, 6.45) is 0. The summed E-state index contributed by atoms with van der Waals surface area (Å²) >= 11 is 0. The van der Waals surface area contributed by atoms with Gasteiger partial charge in [0.1, 0.15) is 11.3 Å². The number of carbonyl (C=O) groups excluding carboxylic acids is 1. The number of ether oxygens (including phenoxy) is 1. The quantitative estimate of drug-likeness (QED) is 0.303. The zero-order valence-corrected chi connectivity index (χ0v) is 19.5. The topological polar surface area (TPSA) is 132 Å². The average molecular weight is 485 g/mol. The number of nitrogens with zero attached hydrogens (tertiary/aromatic N) is 1. The summed E-state index contributed by atoms with van der Waals surface area (Å²) in [5.41, 5.74) is 9.80. The van der Waals surface area contributed by atoms with Gasteiger partial charge < -0.3 is 25.3 Å². The van der Waals surface area contributed by atoms with Crippen LogP contribution in [0.15, 0.2) is 73.3 Å². The molecule has 0 radical (unpaired) electrons. The van der Waals surface area contributed by atoms with Crippen molar-refractivity contribution in [1.29, 1.82) is 0 Å². The number of nitrogens with two attached hydrogens (primary N) is 1. The molecule has 0 aliphatic rings. The fourth-order valence-corrected chi connectivity index (χ4v) is 4.41. The lowest BCUT2D eigenvalue weighted by atomic mass is 9.99. The molecule has 0 aliphatic carbocycles. The molecule has 0 saturated carbocycles. The van der Waals surface area contributed by atoms with Crippen molar-refractivity contribution >= 4 is 34.3 Å². The minimum Gasteiger partial charge on any atom is -0.480 e. The van der Waals surface area contributed by atoms with Gasteiger partial charge in [0.2, 0.25) is 5.91 Å². The van der Waals surface area contributed by atoms with Crippen LogP contribution in [-0.4, -0.2) is 39.2 Å². The Hall–Kier alpha value is -4.85. The highest BCUT2D eigenvalue weighted by Crippen LogP contribution is 2.40. The fraction of sp³-hybridized carbons (Fsp3) is 0.107. The van der Waals surface area contributed by atoms with Gasteiger partial charge in [0.25, 0.3) is 0 Å². The average Bonchev–Trinajstić information content (AvgIpc) is 3.13. The zero-order valence-electron chi connectivity index (χ0n) is 19.5. The second kappa shape index (κ2) is 9.79. The van der Waals surface area contributed by atoms with Crippen molar-refractivity contribution in [3.8, 4) is 16.9 Å². The van der Waals surface area contributed by atoms with Gasteiger partial charge in [-0.1, -0.05) is 61.2 Å². The summed E-state index contributed by atoms with van der Waals surface area (Å²) in [5, 5.41) is 19.2. The van der Waals surface area contributed by atoms with Crippen LogP contribution in [0, 0.1) is 6.92 Å². The number of aromatic carboxylic acids is 1. The summed E-state index contributed by atoms with van der Waals surface area (Å²) in [7, 11) is 0. The monoisotopic (exact) mass is 484 g/mol. The number of hydrogen-bond donors (Lipinski definition) is 3. The van der Waals surface area contributed by atoms with Gasteiger partial charge in [0.15, 0.2) is 6.61 Å². The van der Waals surface area contributed by atoms with E-state index in [1.807, 2.05) is 59.2 Å². The van der Waals surface area contributed by atoms with Gasteiger partial charge in [-0.25, -0.2) is 9.59 Å². The molecule has 182 valence electrons. The standard InChI is InChI=1S/C28H24N2O6/c1-16(27(29)33)24-17(2)30(14-19-10-6-7-11-20(19)18-8-4-3-5-9-18)22-13-12-21(28(34)35)26(25(22)24)36-15-23(31)32/h3-13H,1,14-15H2,2H3,(H2,29,33)(H,31,32)(H,34,35). The molecular formula is C28H24N2O6. The van der Waals surface area contributed by atoms with Crippen LogP contribution in [0.25, 0.3) is 27.6 Å². The van der Waals surface area contributed by atoms with Crippen molar-refractivity contribution in [2.24, 2.45) is 5.73 Å². The molecule has 1 amide bonds. The zero-order chi connectivity index (χ0) is 26.0. The van der Waals surface area contributed by atoms with Gasteiger partial charge in [0.05, 0.1) is 10.9 Å². The largest absolute Gasteiger partial charge is 0.480 e. The molecular weight excluding hydrogens is 460 g/mol. The molecule has 0 bridgehead atoms. The second-order valence-electron chi connectivity index (χ2n) is 8.24. The fourth-order valence-electron chi connectivity index (χ4n) is 4.41. The normalized spacial score (nSPS) is 10.8. The Kier molecular flexibility index (Phi) is 6.60. The Bertz CT molecular complexity index is 1520. The third kappa shape index (κ3) is 4.44. The Morgan fingerprint density at radius 2 is 1.64 bits per heavy atom. The van der Waals surface area contributed by atoms with Crippen molar-refractivity contribution in [3.63, 3.8) is 0 Å². The minimum absolute atomic E-state index is 0.0321. The molecule has 8 nitrogen and oxygen atoms in total. The summed E-state index contributed by atoms with van der Waals surface area (Å²) in [5.74, 6) is -3.51. The maximum atomic E-state index is 12.2. The molecule has 0 aliphatic heterocycles. The lowest BCUT2D eigenvalue weighted by Crippen LogP contribution is -2.14. The molecule has 4 N–H and O–H groups in total. The van der Waals surface area contributed by atoms with Crippen molar-refractivity contribution in [1.82, 2.24) is 4.57 Å².